The van der Waals surface area contributed by atoms with E-state index >= 15 is 0 Å². The molecule has 0 aliphatic carbocycles. The van der Waals surface area contributed by atoms with Crippen molar-refractivity contribution < 1.29 is 9.15 Å². The monoisotopic (exact) mass is 453 g/mol. The van der Waals surface area contributed by atoms with Gasteiger partial charge in [0.25, 0.3) is 0 Å². The molecule has 8 heteroatoms. The number of methoxy groups -OCH3 is 1. The summed E-state index contributed by atoms with van der Waals surface area (Å²) in [4.78, 5) is 11.1. The number of halogens is 1. The molecule has 0 aliphatic rings. The maximum Gasteiger partial charge on any atom is 0.216 e. The normalized spacial score (nSPS) is 11.5. The van der Waals surface area contributed by atoms with Crippen molar-refractivity contribution in [3.8, 4) is 0 Å². The topological polar surface area (TPSA) is 74.9 Å². The Bertz CT molecular complexity index is 460. The summed E-state index contributed by atoms with van der Waals surface area (Å²) in [6.07, 6.45) is 1.04. The molecule has 2 N–H and O–H groups in total. The summed E-state index contributed by atoms with van der Waals surface area (Å²) < 4.78 is 10.6. The van der Waals surface area contributed by atoms with E-state index in [1.165, 1.54) is 0 Å². The summed E-state index contributed by atoms with van der Waals surface area (Å²) >= 11 is 0. The molecule has 0 aromatic carbocycles. The molecule has 0 radical (unpaired) electrons. The molecular formula is C16H32IN5O2. The van der Waals surface area contributed by atoms with Gasteiger partial charge in [0.15, 0.2) is 5.96 Å². The summed E-state index contributed by atoms with van der Waals surface area (Å²) in [5.41, 5.74) is 0.923. The third-order valence-electron chi connectivity index (χ3n) is 3.48. The highest BCUT2D eigenvalue weighted by Gasteiger charge is 2.05. The Morgan fingerprint density at radius 3 is 2.62 bits per heavy atom. The zero-order valence-corrected chi connectivity index (χ0v) is 17.8. The van der Waals surface area contributed by atoms with Gasteiger partial charge in [0.05, 0.1) is 12.3 Å². The molecule has 0 unspecified atom stereocenters. The molecule has 0 spiro atoms. The smallest absolute Gasteiger partial charge is 0.216 e. The van der Waals surface area contributed by atoms with Gasteiger partial charge in [0.1, 0.15) is 12.3 Å². The molecule has 140 valence electrons. The Kier molecular flexibility index (Phi) is 12.9. The summed E-state index contributed by atoms with van der Waals surface area (Å²) in [5.74, 6) is 2.30. The Morgan fingerprint density at radius 2 is 2.04 bits per heavy atom. The van der Waals surface area contributed by atoms with Crippen molar-refractivity contribution in [3.63, 3.8) is 0 Å². The highest BCUT2D eigenvalue weighted by molar-refractivity contribution is 14.0. The van der Waals surface area contributed by atoms with E-state index in [2.05, 4.69) is 39.5 Å². The zero-order valence-electron chi connectivity index (χ0n) is 15.5. The second-order valence-corrected chi connectivity index (χ2v) is 5.52. The van der Waals surface area contributed by atoms with Gasteiger partial charge in [0, 0.05) is 26.7 Å². The molecule has 7 nitrogen and oxygen atoms in total. The van der Waals surface area contributed by atoms with Crippen LogP contribution in [0.4, 0.5) is 0 Å². The van der Waals surface area contributed by atoms with E-state index in [0.717, 1.165) is 56.6 Å². The summed E-state index contributed by atoms with van der Waals surface area (Å²) in [5, 5.41) is 6.57. The standard InChI is InChI=1S/C16H31N5O2.HI/c1-6-17-16(18-8-7-9-21(4)10-11-22-5)19-12-15-20-13(2)14(3)23-15;/h6-12H2,1-5H3,(H2,17,18,19);1H. The van der Waals surface area contributed by atoms with Gasteiger partial charge in [-0.2, -0.15) is 0 Å². The molecule has 0 saturated carbocycles. The quantitative estimate of drug-likeness (QED) is 0.244. The predicted octanol–water partition coefficient (Wildman–Crippen LogP) is 1.93. The number of guanidine groups is 1. The van der Waals surface area contributed by atoms with E-state index in [9.17, 15) is 0 Å². The van der Waals surface area contributed by atoms with Gasteiger partial charge in [-0.05, 0) is 40.8 Å². The van der Waals surface area contributed by atoms with E-state index < -0.39 is 0 Å². The van der Waals surface area contributed by atoms with Gasteiger partial charge in [0.2, 0.25) is 5.89 Å². The van der Waals surface area contributed by atoms with Crippen LogP contribution in [0, 0.1) is 13.8 Å². The van der Waals surface area contributed by atoms with Gasteiger partial charge in [-0.1, -0.05) is 0 Å². The number of oxazole rings is 1. The van der Waals surface area contributed by atoms with Crippen LogP contribution < -0.4 is 10.6 Å². The van der Waals surface area contributed by atoms with Crippen LogP contribution in [0.5, 0.6) is 0 Å². The Morgan fingerprint density at radius 1 is 1.29 bits per heavy atom. The third kappa shape index (κ3) is 9.43. The number of hydrogen-bond acceptors (Lipinski definition) is 5. The van der Waals surface area contributed by atoms with E-state index in [4.69, 9.17) is 9.15 Å². The highest BCUT2D eigenvalue weighted by atomic mass is 127. The number of aryl methyl sites for hydroxylation is 2. The van der Waals surface area contributed by atoms with Crippen LogP contribution in [0.1, 0.15) is 30.7 Å². The fourth-order valence-electron chi connectivity index (χ4n) is 2.01. The van der Waals surface area contributed by atoms with Crippen molar-refractivity contribution in [3.05, 3.63) is 17.3 Å². The number of ether oxygens (including phenoxy) is 1. The van der Waals surface area contributed by atoms with Crippen molar-refractivity contribution in [2.75, 3.05) is 46.9 Å². The van der Waals surface area contributed by atoms with Crippen LogP contribution in [0.25, 0.3) is 0 Å². The number of likely N-dealkylation sites (N-methyl/N-ethyl adjacent to an activating group) is 1. The largest absolute Gasteiger partial charge is 0.444 e. The Labute approximate surface area is 162 Å². The number of rotatable bonds is 10. The number of hydrogen-bond donors (Lipinski definition) is 2. The van der Waals surface area contributed by atoms with Crippen molar-refractivity contribution in [2.45, 2.75) is 33.7 Å². The minimum Gasteiger partial charge on any atom is -0.444 e. The lowest BCUT2D eigenvalue weighted by molar-refractivity contribution is 0.161. The van der Waals surface area contributed by atoms with Gasteiger partial charge in [-0.15, -0.1) is 24.0 Å². The second kappa shape index (κ2) is 13.4. The fourth-order valence-corrected chi connectivity index (χ4v) is 2.01. The molecule has 0 aliphatic heterocycles. The van der Waals surface area contributed by atoms with Crippen LogP contribution >= 0.6 is 24.0 Å². The third-order valence-corrected chi connectivity index (χ3v) is 3.48. The molecule has 1 heterocycles. The lowest BCUT2D eigenvalue weighted by atomic mass is 10.4. The molecule has 24 heavy (non-hydrogen) atoms. The Hall–Kier alpha value is -0.870. The summed E-state index contributed by atoms with van der Waals surface area (Å²) in [7, 11) is 3.83. The molecule has 1 rings (SSSR count). The van der Waals surface area contributed by atoms with E-state index in [-0.39, 0.29) is 24.0 Å². The first-order valence-electron chi connectivity index (χ1n) is 8.19. The first-order chi connectivity index (χ1) is 11.1. The van der Waals surface area contributed by atoms with Crippen LogP contribution in [-0.2, 0) is 11.3 Å². The predicted molar refractivity (Wildman–Crippen MR) is 108 cm³/mol. The Balaban J connectivity index is 0.00000529. The van der Waals surface area contributed by atoms with Crippen molar-refractivity contribution in [2.24, 2.45) is 4.99 Å². The van der Waals surface area contributed by atoms with E-state index in [1.54, 1.807) is 7.11 Å². The van der Waals surface area contributed by atoms with Gasteiger partial charge >= 0.3 is 0 Å². The molecule has 1 aromatic rings. The zero-order chi connectivity index (χ0) is 17.1. The lowest BCUT2D eigenvalue weighted by Crippen LogP contribution is -2.38. The molecule has 0 amide bonds. The van der Waals surface area contributed by atoms with E-state index in [0.29, 0.717) is 12.4 Å². The fraction of sp³-hybridized carbons (Fsp3) is 0.750. The highest BCUT2D eigenvalue weighted by Crippen LogP contribution is 2.08. The number of aromatic nitrogens is 1. The lowest BCUT2D eigenvalue weighted by Gasteiger charge is -2.16. The maximum atomic E-state index is 5.55. The van der Waals surface area contributed by atoms with E-state index in [1.807, 2.05) is 13.8 Å². The maximum absolute atomic E-state index is 5.55. The molecular weight excluding hydrogens is 421 g/mol. The molecule has 0 saturated heterocycles. The second-order valence-electron chi connectivity index (χ2n) is 5.52. The molecule has 1 aromatic heterocycles. The van der Waals surface area contributed by atoms with Crippen molar-refractivity contribution >= 4 is 29.9 Å². The minimum absolute atomic E-state index is 0. The molecule has 0 bridgehead atoms. The number of aliphatic imine (C=N–C) groups is 1. The van der Waals surface area contributed by atoms with Crippen LogP contribution in [0.15, 0.2) is 9.41 Å². The van der Waals surface area contributed by atoms with Gasteiger partial charge in [-0.3, -0.25) is 0 Å². The number of nitrogens with one attached hydrogen (secondary N) is 2. The first-order valence-corrected chi connectivity index (χ1v) is 8.19. The summed E-state index contributed by atoms with van der Waals surface area (Å²) in [6, 6.07) is 0. The number of nitrogens with zero attached hydrogens (tertiary/aromatic N) is 3. The average Bonchev–Trinajstić information content (AvgIpc) is 2.85. The summed E-state index contributed by atoms with van der Waals surface area (Å²) in [6.45, 7) is 10.8. The molecule has 0 fully saturated rings. The first kappa shape index (κ1) is 23.1. The molecule has 0 atom stereocenters. The van der Waals surface area contributed by atoms with Gasteiger partial charge < -0.3 is 24.7 Å². The van der Waals surface area contributed by atoms with Crippen molar-refractivity contribution in [1.29, 1.82) is 0 Å². The van der Waals surface area contributed by atoms with Crippen molar-refractivity contribution in [1.82, 2.24) is 20.5 Å². The van der Waals surface area contributed by atoms with Crippen LogP contribution in [0.2, 0.25) is 0 Å². The van der Waals surface area contributed by atoms with Crippen LogP contribution in [-0.4, -0.2) is 62.8 Å². The average molecular weight is 453 g/mol. The minimum atomic E-state index is 0. The van der Waals surface area contributed by atoms with Gasteiger partial charge in [-0.25, -0.2) is 9.98 Å². The van der Waals surface area contributed by atoms with Crippen LogP contribution in [0.3, 0.4) is 0 Å². The SMILES string of the molecule is CCNC(=NCc1nc(C)c(C)o1)NCCCN(C)CCOC.I.